The van der Waals surface area contributed by atoms with E-state index < -0.39 is 0 Å². The minimum absolute atomic E-state index is 0.0142. The summed E-state index contributed by atoms with van der Waals surface area (Å²) >= 11 is 0. The van der Waals surface area contributed by atoms with Gasteiger partial charge >= 0.3 is 0 Å². The van der Waals surface area contributed by atoms with E-state index in [1.807, 2.05) is 6.20 Å². The molecule has 0 saturated carbocycles. The molecule has 0 amide bonds. The topological polar surface area (TPSA) is 33.1 Å². The van der Waals surface area contributed by atoms with E-state index >= 15 is 0 Å². The van der Waals surface area contributed by atoms with Crippen molar-refractivity contribution in [3.05, 3.63) is 29.1 Å². The van der Waals surface area contributed by atoms with E-state index in [0.717, 1.165) is 12.8 Å². The molecule has 0 aromatic carbocycles. The van der Waals surface area contributed by atoms with Crippen LogP contribution in [0.2, 0.25) is 0 Å². The van der Waals surface area contributed by atoms with Crippen molar-refractivity contribution in [2.45, 2.75) is 39.5 Å². The number of hydrogen-bond acceptors (Lipinski definition) is 2. The summed E-state index contributed by atoms with van der Waals surface area (Å²) in [6.07, 6.45) is 3.79. The molecule has 1 aromatic rings. The Morgan fingerprint density at radius 3 is 2.80 bits per heavy atom. The first-order chi connectivity index (χ1) is 7.06. The van der Waals surface area contributed by atoms with Crippen molar-refractivity contribution in [1.82, 2.24) is 4.98 Å². The molecular weight excluding hydrogens is 186 g/mol. The molecule has 1 unspecified atom stereocenters. The zero-order valence-corrected chi connectivity index (χ0v) is 9.75. The number of hydrogen-bond donors (Lipinski definition) is 1. The number of fused-ring (bicyclic) bond motifs is 1. The number of aliphatic hydroxyl groups is 1. The van der Waals surface area contributed by atoms with Gasteiger partial charge in [0.15, 0.2) is 0 Å². The molecule has 0 fully saturated rings. The summed E-state index contributed by atoms with van der Waals surface area (Å²) in [7, 11) is 0. The van der Waals surface area contributed by atoms with Crippen molar-refractivity contribution in [3.8, 4) is 0 Å². The number of pyridine rings is 1. The molecule has 1 aromatic heterocycles. The van der Waals surface area contributed by atoms with Crippen LogP contribution in [0.25, 0.3) is 0 Å². The SMILES string of the molecule is CC(C)c1ccnc2c1CC(C)(CO)C2. The second-order valence-electron chi connectivity index (χ2n) is 5.30. The molecule has 15 heavy (non-hydrogen) atoms. The molecule has 2 rings (SSSR count). The van der Waals surface area contributed by atoms with E-state index in [4.69, 9.17) is 0 Å². The minimum atomic E-state index is 0.0142. The van der Waals surface area contributed by atoms with Crippen molar-refractivity contribution in [2.75, 3.05) is 6.61 Å². The number of nitrogens with zero attached hydrogens (tertiary/aromatic N) is 1. The second kappa shape index (κ2) is 3.60. The van der Waals surface area contributed by atoms with Crippen molar-refractivity contribution in [1.29, 1.82) is 0 Å². The molecular formula is C13H19NO. The Labute approximate surface area is 91.4 Å². The standard InChI is InChI=1S/C13H19NO/c1-9(2)10-4-5-14-12-7-13(3,8-15)6-11(10)12/h4-5,9,15H,6-8H2,1-3H3. The highest BCUT2D eigenvalue weighted by Crippen LogP contribution is 2.38. The lowest BCUT2D eigenvalue weighted by atomic mass is 9.87. The predicted molar refractivity (Wildman–Crippen MR) is 60.9 cm³/mol. The molecule has 1 aliphatic rings. The van der Waals surface area contributed by atoms with Gasteiger partial charge in [0.2, 0.25) is 0 Å². The maximum atomic E-state index is 9.40. The second-order valence-corrected chi connectivity index (χ2v) is 5.30. The van der Waals surface area contributed by atoms with Gasteiger partial charge in [-0.1, -0.05) is 20.8 Å². The lowest BCUT2D eigenvalue weighted by molar-refractivity contribution is 0.151. The Balaban J connectivity index is 2.41. The molecule has 2 heteroatoms. The number of aliphatic hydroxyl groups excluding tert-OH is 1. The molecule has 82 valence electrons. The van der Waals surface area contributed by atoms with Gasteiger partial charge in [-0.2, -0.15) is 0 Å². The molecule has 1 atom stereocenters. The van der Waals surface area contributed by atoms with E-state index in [2.05, 4.69) is 31.8 Å². The summed E-state index contributed by atoms with van der Waals surface area (Å²) in [6.45, 7) is 6.81. The summed E-state index contributed by atoms with van der Waals surface area (Å²) in [5.74, 6) is 0.544. The van der Waals surface area contributed by atoms with Crippen LogP contribution < -0.4 is 0 Å². The van der Waals surface area contributed by atoms with Crippen LogP contribution in [0.5, 0.6) is 0 Å². The summed E-state index contributed by atoms with van der Waals surface area (Å²) in [5, 5.41) is 9.40. The largest absolute Gasteiger partial charge is 0.396 e. The van der Waals surface area contributed by atoms with Crippen molar-refractivity contribution < 1.29 is 5.11 Å². The van der Waals surface area contributed by atoms with Gasteiger partial charge in [0.05, 0.1) is 0 Å². The third kappa shape index (κ3) is 1.78. The molecule has 0 aliphatic heterocycles. The number of rotatable bonds is 2. The zero-order valence-electron chi connectivity index (χ0n) is 9.75. The van der Waals surface area contributed by atoms with Gasteiger partial charge in [0.25, 0.3) is 0 Å². The van der Waals surface area contributed by atoms with Crippen LogP contribution >= 0.6 is 0 Å². The summed E-state index contributed by atoms with van der Waals surface area (Å²) in [5.41, 5.74) is 3.99. The van der Waals surface area contributed by atoms with Crippen LogP contribution in [0.3, 0.4) is 0 Å². The van der Waals surface area contributed by atoms with Gasteiger partial charge < -0.3 is 5.11 Å². The first kappa shape index (κ1) is 10.6. The first-order valence-corrected chi connectivity index (χ1v) is 5.63. The normalized spacial score (nSPS) is 24.6. The molecule has 0 bridgehead atoms. The van der Waals surface area contributed by atoms with E-state index in [-0.39, 0.29) is 12.0 Å². The fraction of sp³-hybridized carbons (Fsp3) is 0.615. The summed E-state index contributed by atoms with van der Waals surface area (Å²) in [6, 6.07) is 2.12. The fourth-order valence-corrected chi connectivity index (χ4v) is 2.46. The molecule has 1 N–H and O–H groups in total. The third-order valence-electron chi connectivity index (χ3n) is 3.38. The quantitative estimate of drug-likeness (QED) is 0.803. The Bertz CT molecular complexity index is 373. The Hall–Kier alpha value is -0.890. The van der Waals surface area contributed by atoms with Crippen LogP contribution in [0.4, 0.5) is 0 Å². The van der Waals surface area contributed by atoms with Gasteiger partial charge in [-0.15, -0.1) is 0 Å². The predicted octanol–water partition coefficient (Wildman–Crippen LogP) is 2.30. The van der Waals surface area contributed by atoms with Crippen molar-refractivity contribution >= 4 is 0 Å². The molecule has 0 radical (unpaired) electrons. The third-order valence-corrected chi connectivity index (χ3v) is 3.38. The Kier molecular flexibility index (Phi) is 2.55. The fourth-order valence-electron chi connectivity index (χ4n) is 2.46. The van der Waals surface area contributed by atoms with Crippen LogP contribution in [0.15, 0.2) is 12.3 Å². The number of aromatic nitrogens is 1. The zero-order chi connectivity index (χ0) is 11.1. The lowest BCUT2D eigenvalue weighted by Gasteiger charge is -2.19. The Morgan fingerprint density at radius 2 is 2.20 bits per heavy atom. The van der Waals surface area contributed by atoms with Crippen LogP contribution in [0, 0.1) is 5.41 Å². The maximum Gasteiger partial charge on any atom is 0.0491 e. The highest BCUT2D eigenvalue weighted by Gasteiger charge is 2.34. The molecule has 1 heterocycles. The maximum absolute atomic E-state index is 9.40. The highest BCUT2D eigenvalue weighted by molar-refractivity contribution is 5.37. The van der Waals surface area contributed by atoms with E-state index in [1.54, 1.807) is 0 Å². The van der Waals surface area contributed by atoms with Gasteiger partial charge in [-0.3, -0.25) is 4.98 Å². The lowest BCUT2D eigenvalue weighted by Crippen LogP contribution is -2.21. The average molecular weight is 205 g/mol. The van der Waals surface area contributed by atoms with Crippen LogP contribution in [-0.4, -0.2) is 16.7 Å². The molecule has 2 nitrogen and oxygen atoms in total. The van der Waals surface area contributed by atoms with Gasteiger partial charge in [0.1, 0.15) is 0 Å². The summed E-state index contributed by atoms with van der Waals surface area (Å²) in [4.78, 5) is 4.43. The van der Waals surface area contributed by atoms with Crippen LogP contribution in [0.1, 0.15) is 43.5 Å². The molecule has 0 saturated heterocycles. The smallest absolute Gasteiger partial charge is 0.0491 e. The van der Waals surface area contributed by atoms with Gasteiger partial charge in [-0.05, 0) is 36.0 Å². The highest BCUT2D eigenvalue weighted by atomic mass is 16.3. The monoisotopic (exact) mass is 205 g/mol. The first-order valence-electron chi connectivity index (χ1n) is 5.63. The average Bonchev–Trinajstić information content (AvgIpc) is 2.54. The van der Waals surface area contributed by atoms with Crippen LogP contribution in [-0.2, 0) is 12.8 Å². The van der Waals surface area contributed by atoms with Gasteiger partial charge in [0, 0.05) is 23.9 Å². The van der Waals surface area contributed by atoms with E-state index in [9.17, 15) is 5.11 Å². The molecule has 0 spiro atoms. The Morgan fingerprint density at radius 1 is 1.47 bits per heavy atom. The molecule has 1 aliphatic carbocycles. The minimum Gasteiger partial charge on any atom is -0.396 e. The van der Waals surface area contributed by atoms with Crippen molar-refractivity contribution in [2.24, 2.45) is 5.41 Å². The van der Waals surface area contributed by atoms with E-state index in [0.29, 0.717) is 5.92 Å². The van der Waals surface area contributed by atoms with Gasteiger partial charge in [-0.25, -0.2) is 0 Å². The van der Waals surface area contributed by atoms with E-state index in [1.165, 1.54) is 16.8 Å². The summed E-state index contributed by atoms with van der Waals surface area (Å²) < 4.78 is 0. The van der Waals surface area contributed by atoms with Crippen molar-refractivity contribution in [3.63, 3.8) is 0 Å².